The van der Waals surface area contributed by atoms with Crippen LogP contribution in [0.15, 0.2) is 48.5 Å². The molecule has 2 rings (SSSR count). The Kier molecular flexibility index (Phi) is 6.58. The van der Waals surface area contributed by atoms with Gasteiger partial charge in [0, 0.05) is 6.07 Å². The van der Waals surface area contributed by atoms with E-state index in [1.54, 1.807) is 12.1 Å². The van der Waals surface area contributed by atoms with E-state index in [1.165, 1.54) is 13.2 Å². The fraction of sp³-hybridized carbons (Fsp3) is 0.133. The molecule has 0 bridgehead atoms. The number of rotatable bonds is 5. The minimum absolute atomic E-state index is 0. The molecule has 20 heavy (non-hydrogen) atoms. The van der Waals surface area contributed by atoms with Crippen molar-refractivity contribution in [1.82, 2.24) is 0 Å². The van der Waals surface area contributed by atoms with E-state index in [2.05, 4.69) is 0 Å². The molecule has 0 saturated carbocycles. The molecular formula is C15H15NaO4. The molecule has 5 heteroatoms. The topological polar surface area (TPSA) is 55.8 Å². The normalized spacial score (nSPS) is 9.45. The quantitative estimate of drug-likeness (QED) is 0.855. The van der Waals surface area contributed by atoms with Gasteiger partial charge in [-0.1, -0.05) is 30.3 Å². The van der Waals surface area contributed by atoms with Crippen LogP contribution in [-0.4, -0.2) is 47.7 Å². The molecule has 2 aromatic carbocycles. The SMILES string of the molecule is COc1cc(OCc2ccccc2)ccc1C(=O)O.[NaH]. The predicted molar refractivity (Wildman–Crippen MR) is 77.9 cm³/mol. The fourth-order valence-electron chi connectivity index (χ4n) is 1.68. The second-order valence-corrected chi connectivity index (χ2v) is 3.94. The predicted octanol–water partition coefficient (Wildman–Crippen LogP) is 2.32. The molecule has 100 valence electrons. The van der Waals surface area contributed by atoms with E-state index in [0.717, 1.165) is 5.56 Å². The first-order valence-electron chi connectivity index (χ1n) is 5.79. The van der Waals surface area contributed by atoms with E-state index in [0.29, 0.717) is 12.4 Å². The summed E-state index contributed by atoms with van der Waals surface area (Å²) in [6.45, 7) is 0.427. The maximum atomic E-state index is 11.0. The van der Waals surface area contributed by atoms with E-state index in [1.807, 2.05) is 30.3 Å². The Hall–Kier alpha value is -1.49. The van der Waals surface area contributed by atoms with Crippen LogP contribution in [0.25, 0.3) is 0 Å². The Balaban J connectivity index is 0.00000200. The number of hydrogen-bond donors (Lipinski definition) is 1. The van der Waals surface area contributed by atoms with Crippen LogP contribution >= 0.6 is 0 Å². The molecule has 0 heterocycles. The summed E-state index contributed by atoms with van der Waals surface area (Å²) in [6.07, 6.45) is 0. The number of hydrogen-bond acceptors (Lipinski definition) is 3. The summed E-state index contributed by atoms with van der Waals surface area (Å²) in [6, 6.07) is 14.4. The second-order valence-electron chi connectivity index (χ2n) is 3.94. The molecule has 0 aromatic heterocycles. The Bertz CT molecular complexity index is 569. The van der Waals surface area contributed by atoms with Crippen LogP contribution in [-0.2, 0) is 6.61 Å². The summed E-state index contributed by atoms with van der Waals surface area (Å²) in [5.41, 5.74) is 1.17. The van der Waals surface area contributed by atoms with Gasteiger partial charge < -0.3 is 14.6 Å². The van der Waals surface area contributed by atoms with Crippen molar-refractivity contribution in [2.75, 3.05) is 7.11 Å². The summed E-state index contributed by atoms with van der Waals surface area (Å²) >= 11 is 0. The van der Waals surface area contributed by atoms with E-state index < -0.39 is 5.97 Å². The van der Waals surface area contributed by atoms with E-state index >= 15 is 0 Å². The number of benzene rings is 2. The average molecular weight is 282 g/mol. The van der Waals surface area contributed by atoms with Crippen LogP contribution in [0.1, 0.15) is 15.9 Å². The first-order chi connectivity index (χ1) is 9.20. The molecule has 0 saturated heterocycles. The molecule has 0 atom stereocenters. The van der Waals surface area contributed by atoms with Crippen LogP contribution in [0.4, 0.5) is 0 Å². The molecule has 0 spiro atoms. The first-order valence-corrected chi connectivity index (χ1v) is 5.79. The van der Waals surface area contributed by atoms with E-state index in [9.17, 15) is 4.79 Å². The van der Waals surface area contributed by atoms with Crippen LogP contribution < -0.4 is 9.47 Å². The zero-order valence-electron chi connectivity index (χ0n) is 10.5. The molecule has 0 aliphatic rings. The Labute approximate surface area is 139 Å². The number of ether oxygens (including phenoxy) is 2. The molecule has 0 aliphatic heterocycles. The number of carboxylic acid groups (broad SMARTS) is 1. The molecular weight excluding hydrogens is 267 g/mol. The van der Waals surface area contributed by atoms with Crippen molar-refractivity contribution in [3.63, 3.8) is 0 Å². The van der Waals surface area contributed by atoms with Gasteiger partial charge in [-0.25, -0.2) is 4.79 Å². The van der Waals surface area contributed by atoms with Crippen molar-refractivity contribution in [1.29, 1.82) is 0 Å². The Morgan fingerprint density at radius 2 is 1.85 bits per heavy atom. The second kappa shape index (κ2) is 7.94. The van der Waals surface area contributed by atoms with Gasteiger partial charge in [-0.05, 0) is 17.7 Å². The Morgan fingerprint density at radius 3 is 2.45 bits per heavy atom. The van der Waals surface area contributed by atoms with Gasteiger partial charge in [-0.2, -0.15) is 0 Å². The fourth-order valence-corrected chi connectivity index (χ4v) is 1.68. The number of aromatic carboxylic acids is 1. The van der Waals surface area contributed by atoms with Crippen LogP contribution in [0.5, 0.6) is 11.5 Å². The summed E-state index contributed by atoms with van der Waals surface area (Å²) in [7, 11) is 1.43. The molecule has 2 aromatic rings. The molecule has 1 N–H and O–H groups in total. The molecule has 0 amide bonds. The van der Waals surface area contributed by atoms with Gasteiger partial charge in [-0.3, -0.25) is 0 Å². The first kappa shape index (κ1) is 16.6. The van der Waals surface area contributed by atoms with Crippen molar-refractivity contribution in [3.05, 3.63) is 59.7 Å². The van der Waals surface area contributed by atoms with E-state index in [4.69, 9.17) is 14.6 Å². The van der Waals surface area contributed by atoms with Gasteiger partial charge in [0.2, 0.25) is 0 Å². The van der Waals surface area contributed by atoms with Crippen molar-refractivity contribution >= 4 is 35.5 Å². The number of carboxylic acids is 1. The van der Waals surface area contributed by atoms with Gasteiger partial charge in [0.05, 0.1) is 7.11 Å². The van der Waals surface area contributed by atoms with Crippen LogP contribution in [0.3, 0.4) is 0 Å². The van der Waals surface area contributed by atoms with Gasteiger partial charge in [0.15, 0.2) is 0 Å². The molecule has 0 unspecified atom stereocenters. The number of carbonyl (C=O) groups is 1. The zero-order chi connectivity index (χ0) is 13.7. The summed E-state index contributed by atoms with van der Waals surface area (Å²) < 4.78 is 10.6. The van der Waals surface area contributed by atoms with Crippen molar-refractivity contribution in [2.24, 2.45) is 0 Å². The van der Waals surface area contributed by atoms with Crippen molar-refractivity contribution in [2.45, 2.75) is 6.61 Å². The minimum atomic E-state index is -1.02. The molecule has 4 nitrogen and oxygen atoms in total. The van der Waals surface area contributed by atoms with E-state index in [-0.39, 0.29) is 40.9 Å². The monoisotopic (exact) mass is 282 g/mol. The molecule has 0 radical (unpaired) electrons. The van der Waals surface area contributed by atoms with Crippen molar-refractivity contribution in [3.8, 4) is 11.5 Å². The number of methoxy groups -OCH3 is 1. The van der Waals surface area contributed by atoms with Gasteiger partial charge in [-0.15, -0.1) is 0 Å². The third-order valence-electron chi connectivity index (χ3n) is 2.65. The van der Waals surface area contributed by atoms with Crippen LogP contribution in [0.2, 0.25) is 0 Å². The molecule has 0 aliphatic carbocycles. The van der Waals surface area contributed by atoms with Crippen molar-refractivity contribution < 1.29 is 19.4 Å². The summed E-state index contributed by atoms with van der Waals surface area (Å²) in [5, 5.41) is 8.97. The standard InChI is InChI=1S/C15H14O4.Na.H/c1-18-14-9-12(7-8-13(14)15(16)17)19-10-11-5-3-2-4-6-11;;/h2-9H,10H2,1H3,(H,16,17);;. The van der Waals surface area contributed by atoms with Gasteiger partial charge in [0.1, 0.15) is 23.7 Å². The third-order valence-corrected chi connectivity index (χ3v) is 2.65. The average Bonchev–Trinajstić information content (AvgIpc) is 2.45. The van der Waals surface area contributed by atoms with Gasteiger partial charge >= 0.3 is 35.5 Å². The zero-order valence-corrected chi connectivity index (χ0v) is 10.5. The third kappa shape index (κ3) is 4.27. The summed E-state index contributed by atoms with van der Waals surface area (Å²) in [5.74, 6) is -0.157. The van der Waals surface area contributed by atoms with Gasteiger partial charge in [0.25, 0.3) is 0 Å². The summed E-state index contributed by atoms with van der Waals surface area (Å²) in [4.78, 5) is 11.0. The van der Waals surface area contributed by atoms with Crippen LogP contribution in [0, 0.1) is 0 Å². The maximum absolute atomic E-state index is 11.0. The molecule has 0 fully saturated rings. The Morgan fingerprint density at radius 1 is 1.15 bits per heavy atom.